The molecule has 3 rings (SSSR count). The van der Waals surface area contributed by atoms with Gasteiger partial charge < -0.3 is 15.4 Å². The lowest BCUT2D eigenvalue weighted by Gasteiger charge is -2.28. The molecule has 1 saturated heterocycles. The molecule has 1 unspecified atom stereocenters. The fourth-order valence-corrected chi connectivity index (χ4v) is 3.49. The van der Waals surface area contributed by atoms with Gasteiger partial charge in [0.05, 0.1) is 6.04 Å². The fraction of sp³-hybridized carbons (Fsp3) is 0.409. The maximum atomic E-state index is 12.3. The Morgan fingerprint density at radius 3 is 2.30 bits per heavy atom. The Balaban J connectivity index is 1.46. The number of halogens is 3. The van der Waals surface area contributed by atoms with Gasteiger partial charge in [-0.15, -0.1) is 0 Å². The average Bonchev–Trinajstić information content (AvgIpc) is 3.26. The highest BCUT2D eigenvalue weighted by molar-refractivity contribution is 5.73. The second-order valence-electron chi connectivity index (χ2n) is 7.28. The Morgan fingerprint density at radius 1 is 1.00 bits per heavy atom. The van der Waals surface area contributed by atoms with Crippen molar-refractivity contribution in [3.05, 3.63) is 65.7 Å². The third kappa shape index (κ3) is 6.95. The van der Waals surface area contributed by atoms with Crippen LogP contribution in [0.3, 0.4) is 0 Å². The third-order valence-corrected chi connectivity index (χ3v) is 5.00. The van der Waals surface area contributed by atoms with Crippen LogP contribution >= 0.6 is 0 Å². The molecular weight excluding hydrogens is 395 g/mol. The lowest BCUT2D eigenvalue weighted by Crippen LogP contribution is -2.41. The lowest BCUT2D eigenvalue weighted by molar-refractivity contribution is -0.153. The van der Waals surface area contributed by atoms with E-state index in [0.29, 0.717) is 6.54 Å². The highest BCUT2D eigenvalue weighted by Gasteiger charge is 2.28. The van der Waals surface area contributed by atoms with Gasteiger partial charge in [-0.3, -0.25) is 4.90 Å². The zero-order valence-corrected chi connectivity index (χ0v) is 16.6. The molecule has 1 atom stereocenters. The first kappa shape index (κ1) is 22.0. The number of likely N-dealkylation sites (tertiary alicyclic amines) is 1. The summed E-state index contributed by atoms with van der Waals surface area (Å²) in [7, 11) is 0. The Bertz CT molecular complexity index is 792. The molecule has 0 spiro atoms. The van der Waals surface area contributed by atoms with Gasteiger partial charge in [0.25, 0.3) is 0 Å². The van der Waals surface area contributed by atoms with E-state index in [2.05, 4.69) is 32.4 Å². The summed E-state index contributed by atoms with van der Waals surface area (Å²) < 4.78 is 41.2. The Morgan fingerprint density at radius 2 is 1.67 bits per heavy atom. The van der Waals surface area contributed by atoms with Crippen LogP contribution in [0.5, 0.6) is 5.75 Å². The van der Waals surface area contributed by atoms with Crippen molar-refractivity contribution in [1.29, 1.82) is 0 Å². The molecule has 1 aliphatic heterocycles. The van der Waals surface area contributed by atoms with Crippen LogP contribution in [0.1, 0.15) is 30.0 Å². The summed E-state index contributed by atoms with van der Waals surface area (Å²) in [5.41, 5.74) is 1.94. The second-order valence-corrected chi connectivity index (χ2v) is 7.28. The number of benzene rings is 2. The van der Waals surface area contributed by atoms with Crippen molar-refractivity contribution < 1.29 is 22.7 Å². The highest BCUT2D eigenvalue weighted by atomic mass is 19.4. The number of carbonyl (C=O) groups excluding carboxylic acids is 1. The van der Waals surface area contributed by atoms with Crippen molar-refractivity contribution in [2.45, 2.75) is 31.6 Å². The van der Waals surface area contributed by atoms with Gasteiger partial charge in [0, 0.05) is 13.1 Å². The molecule has 0 radical (unpaired) electrons. The molecule has 0 aliphatic carbocycles. The molecule has 2 amide bonds. The van der Waals surface area contributed by atoms with Gasteiger partial charge in [0.15, 0.2) is 6.61 Å². The van der Waals surface area contributed by atoms with Gasteiger partial charge in [-0.2, -0.15) is 13.2 Å². The fourth-order valence-electron chi connectivity index (χ4n) is 3.49. The minimum absolute atomic E-state index is 0.129. The number of nitrogens with one attached hydrogen (secondary N) is 2. The van der Waals surface area contributed by atoms with Gasteiger partial charge in [0.2, 0.25) is 0 Å². The van der Waals surface area contributed by atoms with Crippen LogP contribution in [0.15, 0.2) is 54.6 Å². The Kier molecular flexibility index (Phi) is 7.57. The van der Waals surface area contributed by atoms with Crippen molar-refractivity contribution in [2.24, 2.45) is 0 Å². The van der Waals surface area contributed by atoms with E-state index in [4.69, 9.17) is 0 Å². The van der Waals surface area contributed by atoms with Crippen LogP contribution < -0.4 is 15.4 Å². The van der Waals surface area contributed by atoms with E-state index in [1.165, 1.54) is 17.7 Å². The standard InChI is InChI=1S/C22H26F3N3O2/c23-22(24,25)16-30-19-10-8-17(9-11-19)14-26-21(29)27-15-20(28-12-4-5-13-28)18-6-2-1-3-7-18/h1-3,6-11,20H,4-5,12-16H2,(H2,26,27,29). The summed E-state index contributed by atoms with van der Waals surface area (Å²) in [6.07, 6.45) is -2.04. The van der Waals surface area contributed by atoms with Gasteiger partial charge in [-0.05, 0) is 49.2 Å². The van der Waals surface area contributed by atoms with E-state index in [1.54, 1.807) is 12.1 Å². The minimum atomic E-state index is -4.37. The normalized spacial score (nSPS) is 15.6. The van der Waals surface area contributed by atoms with Crippen molar-refractivity contribution >= 4 is 6.03 Å². The SMILES string of the molecule is O=C(NCc1ccc(OCC(F)(F)F)cc1)NCC(c1ccccc1)N1CCCC1. The van der Waals surface area contributed by atoms with E-state index >= 15 is 0 Å². The first-order valence-electron chi connectivity index (χ1n) is 10.00. The number of ether oxygens (including phenoxy) is 1. The molecule has 2 N–H and O–H groups in total. The summed E-state index contributed by atoms with van der Waals surface area (Å²) in [4.78, 5) is 14.6. The van der Waals surface area contributed by atoms with Crippen LogP contribution in [0.25, 0.3) is 0 Å². The highest BCUT2D eigenvalue weighted by Crippen LogP contribution is 2.24. The first-order valence-corrected chi connectivity index (χ1v) is 10.00. The first-order chi connectivity index (χ1) is 14.4. The molecule has 1 aliphatic rings. The van der Waals surface area contributed by atoms with E-state index in [9.17, 15) is 18.0 Å². The van der Waals surface area contributed by atoms with Crippen LogP contribution in [-0.2, 0) is 6.54 Å². The van der Waals surface area contributed by atoms with Crippen LogP contribution in [0.2, 0.25) is 0 Å². The predicted octanol–water partition coefficient (Wildman–Crippen LogP) is 4.26. The molecule has 0 bridgehead atoms. The monoisotopic (exact) mass is 421 g/mol. The summed E-state index contributed by atoms with van der Waals surface area (Å²) in [5.74, 6) is 0.136. The summed E-state index contributed by atoms with van der Waals surface area (Å²) >= 11 is 0. The van der Waals surface area contributed by atoms with Crippen molar-refractivity contribution in [2.75, 3.05) is 26.2 Å². The summed E-state index contributed by atoms with van der Waals surface area (Å²) in [5, 5.41) is 5.72. The maximum Gasteiger partial charge on any atom is 0.422 e. The average molecular weight is 421 g/mol. The molecule has 1 heterocycles. The number of urea groups is 1. The topological polar surface area (TPSA) is 53.6 Å². The molecule has 1 fully saturated rings. The molecule has 30 heavy (non-hydrogen) atoms. The molecule has 2 aromatic rings. The quantitative estimate of drug-likeness (QED) is 0.670. The predicted molar refractivity (Wildman–Crippen MR) is 108 cm³/mol. The molecule has 5 nitrogen and oxygen atoms in total. The van der Waals surface area contributed by atoms with Crippen LogP contribution in [-0.4, -0.2) is 43.3 Å². The lowest BCUT2D eigenvalue weighted by atomic mass is 10.1. The second kappa shape index (κ2) is 10.3. The molecule has 162 valence electrons. The Hall–Kier alpha value is -2.74. The van der Waals surface area contributed by atoms with Crippen molar-refractivity contribution in [3.8, 4) is 5.75 Å². The maximum absolute atomic E-state index is 12.3. The van der Waals surface area contributed by atoms with E-state index < -0.39 is 12.8 Å². The Labute approximate surface area is 174 Å². The van der Waals surface area contributed by atoms with Gasteiger partial charge in [-0.1, -0.05) is 42.5 Å². The number of carbonyl (C=O) groups is 1. The van der Waals surface area contributed by atoms with Crippen LogP contribution in [0.4, 0.5) is 18.0 Å². The number of amides is 2. The van der Waals surface area contributed by atoms with Gasteiger partial charge >= 0.3 is 12.2 Å². The largest absolute Gasteiger partial charge is 0.484 e. The number of rotatable bonds is 8. The summed E-state index contributed by atoms with van der Waals surface area (Å²) in [6, 6.07) is 16.1. The molecule has 8 heteroatoms. The van der Waals surface area contributed by atoms with Crippen molar-refractivity contribution in [3.63, 3.8) is 0 Å². The number of hydrogen-bond donors (Lipinski definition) is 2. The van der Waals surface area contributed by atoms with Gasteiger partial charge in [-0.25, -0.2) is 4.79 Å². The number of alkyl halides is 3. The number of nitrogens with zero attached hydrogens (tertiary/aromatic N) is 1. The number of hydrogen-bond acceptors (Lipinski definition) is 3. The molecule has 0 saturated carbocycles. The zero-order chi connectivity index (χ0) is 21.4. The van der Waals surface area contributed by atoms with E-state index in [-0.39, 0.29) is 24.4 Å². The zero-order valence-electron chi connectivity index (χ0n) is 16.6. The summed E-state index contributed by atoms with van der Waals surface area (Å²) in [6.45, 7) is 1.48. The molecular formula is C22H26F3N3O2. The van der Waals surface area contributed by atoms with Gasteiger partial charge in [0.1, 0.15) is 5.75 Å². The molecule has 0 aromatic heterocycles. The smallest absolute Gasteiger partial charge is 0.422 e. The van der Waals surface area contributed by atoms with Crippen LogP contribution in [0, 0.1) is 0 Å². The minimum Gasteiger partial charge on any atom is -0.484 e. The van der Waals surface area contributed by atoms with E-state index in [0.717, 1.165) is 31.5 Å². The molecule has 2 aromatic carbocycles. The van der Waals surface area contributed by atoms with E-state index in [1.807, 2.05) is 18.2 Å². The third-order valence-electron chi connectivity index (χ3n) is 5.00. The van der Waals surface area contributed by atoms with Crippen molar-refractivity contribution in [1.82, 2.24) is 15.5 Å².